The van der Waals surface area contributed by atoms with Crippen LogP contribution in [0.2, 0.25) is 0 Å². The van der Waals surface area contributed by atoms with E-state index in [1.54, 1.807) is 18.4 Å². The number of aliphatic hydroxyl groups is 1. The second kappa shape index (κ2) is 7.43. The van der Waals surface area contributed by atoms with Crippen LogP contribution in [0.1, 0.15) is 41.7 Å². The fraction of sp³-hybridized carbons (Fsp3) is 0.429. The van der Waals surface area contributed by atoms with Crippen molar-refractivity contribution in [3.8, 4) is 0 Å². The minimum absolute atomic E-state index is 0.0167. The Bertz CT molecular complexity index is 1410. The molecule has 0 unspecified atom stereocenters. The Morgan fingerprint density at radius 3 is 2.49 bits per heavy atom. The van der Waals surface area contributed by atoms with Crippen LogP contribution in [0.3, 0.4) is 0 Å². The van der Waals surface area contributed by atoms with Gasteiger partial charge in [0, 0.05) is 0 Å². The molecule has 1 aliphatic heterocycles. The molecule has 0 radical (unpaired) electrons. The molecule has 1 fully saturated rings. The van der Waals surface area contributed by atoms with E-state index in [-0.39, 0.29) is 11.4 Å². The maximum Gasteiger partial charge on any atom is 0.456 e. The largest absolute Gasteiger partial charge is 0.456 e. The summed E-state index contributed by atoms with van der Waals surface area (Å²) in [5, 5.41) is 18.2. The van der Waals surface area contributed by atoms with Crippen LogP contribution in [0.25, 0.3) is 10.2 Å². The van der Waals surface area contributed by atoms with Crippen molar-refractivity contribution in [2.75, 3.05) is 5.32 Å². The second-order valence-corrected chi connectivity index (χ2v) is 9.70. The van der Waals surface area contributed by atoms with Crippen molar-refractivity contribution in [2.45, 2.75) is 56.0 Å². The SMILES string of the molecule is Cc1cc(Nc2ncnc3sccc23)c(=O)n2c1C(=O)NC21CCC(O)(C(F)(F)C(F)(F)F)CC1. The molecule has 3 aromatic heterocycles. The number of aryl methyl sites for hydroxylation is 1. The van der Waals surface area contributed by atoms with Crippen LogP contribution >= 0.6 is 11.3 Å². The van der Waals surface area contributed by atoms with Crippen LogP contribution < -0.4 is 16.2 Å². The Balaban J connectivity index is 1.55. The summed E-state index contributed by atoms with van der Waals surface area (Å²) in [4.78, 5) is 35.2. The van der Waals surface area contributed by atoms with Crippen LogP contribution in [0.5, 0.6) is 0 Å². The Kier molecular flexibility index (Phi) is 5.01. The molecule has 3 N–H and O–H groups in total. The molecule has 0 aromatic carbocycles. The molecule has 0 bridgehead atoms. The normalized spacial score (nSPS) is 24.6. The molecule has 4 heterocycles. The van der Waals surface area contributed by atoms with Gasteiger partial charge in [-0.25, -0.2) is 9.97 Å². The molecule has 2 aliphatic rings. The lowest BCUT2D eigenvalue weighted by molar-refractivity contribution is -0.349. The molecule has 1 amide bonds. The molecular formula is C21H18F5N5O3S. The van der Waals surface area contributed by atoms with Gasteiger partial charge in [-0.3, -0.25) is 14.2 Å². The fourth-order valence-electron chi connectivity index (χ4n) is 4.87. The smallest absolute Gasteiger partial charge is 0.383 e. The predicted molar refractivity (Wildman–Crippen MR) is 116 cm³/mol. The molecule has 1 spiro atoms. The lowest BCUT2D eigenvalue weighted by atomic mass is 9.74. The number of nitrogens with zero attached hydrogens (tertiary/aromatic N) is 3. The molecule has 5 rings (SSSR count). The first-order valence-electron chi connectivity index (χ1n) is 10.5. The van der Waals surface area contributed by atoms with Crippen molar-refractivity contribution >= 4 is 39.0 Å². The van der Waals surface area contributed by atoms with Gasteiger partial charge in [0.05, 0.1) is 5.39 Å². The molecule has 0 atom stereocenters. The van der Waals surface area contributed by atoms with E-state index in [4.69, 9.17) is 0 Å². The van der Waals surface area contributed by atoms with E-state index in [1.165, 1.54) is 23.7 Å². The van der Waals surface area contributed by atoms with Gasteiger partial charge in [0.15, 0.2) is 0 Å². The zero-order valence-electron chi connectivity index (χ0n) is 18.0. The Morgan fingerprint density at radius 2 is 1.83 bits per heavy atom. The molecule has 14 heteroatoms. The number of amides is 1. The maximum absolute atomic E-state index is 14.0. The van der Waals surface area contributed by atoms with Gasteiger partial charge in [-0.05, 0) is 55.7 Å². The molecule has 186 valence electrons. The zero-order chi connectivity index (χ0) is 25.4. The summed E-state index contributed by atoms with van der Waals surface area (Å²) in [6.45, 7) is 1.58. The van der Waals surface area contributed by atoms with E-state index in [9.17, 15) is 36.6 Å². The lowest BCUT2D eigenvalue weighted by Gasteiger charge is -2.45. The number of hydrogen-bond donors (Lipinski definition) is 3. The first-order valence-corrected chi connectivity index (χ1v) is 11.4. The summed E-state index contributed by atoms with van der Waals surface area (Å²) in [6, 6.07) is 3.21. The standard InChI is InChI=1S/C21H18F5N5O3S/c1-10-8-12(29-14-11-2-7-35-16(11)28-9-27-14)17(33)31-13(10)15(32)30-19(31)5-3-18(34,4-6-19)20(22,23)21(24,25)26/h2,7-9,34H,3-6H2,1H3,(H,30,32)(H,27,28,29). The van der Waals surface area contributed by atoms with Crippen LogP contribution in [0, 0.1) is 6.92 Å². The Hall–Kier alpha value is -3.13. The molecule has 1 saturated carbocycles. The minimum atomic E-state index is -5.95. The number of carbonyl (C=O) groups excluding carboxylic acids is 1. The van der Waals surface area contributed by atoms with E-state index in [2.05, 4.69) is 20.6 Å². The number of alkyl halides is 5. The van der Waals surface area contributed by atoms with E-state index in [0.717, 1.165) is 4.57 Å². The number of carbonyl (C=O) groups is 1. The third kappa shape index (κ3) is 3.33. The van der Waals surface area contributed by atoms with E-state index in [0.29, 0.717) is 21.6 Å². The van der Waals surface area contributed by atoms with Gasteiger partial charge in [-0.2, -0.15) is 22.0 Å². The number of hydrogen-bond acceptors (Lipinski definition) is 7. The lowest BCUT2D eigenvalue weighted by Crippen LogP contribution is -2.62. The summed E-state index contributed by atoms with van der Waals surface area (Å²) < 4.78 is 68.0. The van der Waals surface area contributed by atoms with Crippen LogP contribution in [-0.4, -0.2) is 43.2 Å². The monoisotopic (exact) mass is 515 g/mol. The number of fused-ring (bicyclic) bond motifs is 3. The quantitative estimate of drug-likeness (QED) is 0.458. The number of pyridine rings is 1. The number of aromatic nitrogens is 3. The summed E-state index contributed by atoms with van der Waals surface area (Å²) in [5.74, 6) is -5.67. The Labute approximate surface area is 197 Å². The molecule has 0 saturated heterocycles. The van der Waals surface area contributed by atoms with Crippen molar-refractivity contribution in [1.29, 1.82) is 0 Å². The highest BCUT2D eigenvalue weighted by Gasteiger charge is 2.71. The first kappa shape index (κ1) is 23.6. The third-order valence-corrected chi connectivity index (χ3v) is 7.56. The molecule has 1 aliphatic carbocycles. The minimum Gasteiger partial charge on any atom is -0.383 e. The molecular weight excluding hydrogens is 497 g/mol. The Morgan fingerprint density at radius 1 is 1.14 bits per heavy atom. The highest BCUT2D eigenvalue weighted by Crippen LogP contribution is 2.52. The van der Waals surface area contributed by atoms with Gasteiger partial charge in [-0.15, -0.1) is 11.3 Å². The molecule has 35 heavy (non-hydrogen) atoms. The van der Waals surface area contributed by atoms with Crippen molar-refractivity contribution < 1.29 is 31.9 Å². The van der Waals surface area contributed by atoms with Gasteiger partial charge >= 0.3 is 12.1 Å². The van der Waals surface area contributed by atoms with Crippen molar-refractivity contribution in [1.82, 2.24) is 19.9 Å². The van der Waals surface area contributed by atoms with Crippen LogP contribution in [0.4, 0.5) is 33.5 Å². The number of rotatable bonds is 3. The number of anilines is 2. The summed E-state index contributed by atoms with van der Waals surface area (Å²) in [5.41, 5.74) is -5.18. The summed E-state index contributed by atoms with van der Waals surface area (Å²) >= 11 is 1.37. The highest BCUT2D eigenvalue weighted by atomic mass is 32.1. The van der Waals surface area contributed by atoms with Crippen LogP contribution in [-0.2, 0) is 5.66 Å². The molecule has 8 nitrogen and oxygen atoms in total. The van der Waals surface area contributed by atoms with Crippen molar-refractivity contribution in [2.24, 2.45) is 0 Å². The van der Waals surface area contributed by atoms with Crippen molar-refractivity contribution in [3.05, 3.63) is 45.5 Å². The topological polar surface area (TPSA) is 109 Å². The third-order valence-electron chi connectivity index (χ3n) is 6.74. The van der Waals surface area contributed by atoms with Gasteiger partial charge in [-0.1, -0.05) is 0 Å². The maximum atomic E-state index is 14.0. The molecule has 3 aromatic rings. The van der Waals surface area contributed by atoms with Gasteiger partial charge in [0.1, 0.15) is 39.6 Å². The first-order chi connectivity index (χ1) is 16.3. The summed E-state index contributed by atoms with van der Waals surface area (Å²) in [6.07, 6.45) is -7.60. The van der Waals surface area contributed by atoms with E-state index >= 15 is 0 Å². The number of halogens is 5. The average Bonchev–Trinajstić information content (AvgIpc) is 3.37. The van der Waals surface area contributed by atoms with Crippen molar-refractivity contribution in [3.63, 3.8) is 0 Å². The fourth-order valence-corrected chi connectivity index (χ4v) is 5.60. The number of nitrogens with one attached hydrogen (secondary N) is 2. The predicted octanol–water partition coefficient (Wildman–Crippen LogP) is 3.80. The van der Waals surface area contributed by atoms with Gasteiger partial charge in [0.25, 0.3) is 11.5 Å². The van der Waals surface area contributed by atoms with Gasteiger partial charge < -0.3 is 15.7 Å². The highest BCUT2D eigenvalue weighted by molar-refractivity contribution is 7.16. The van der Waals surface area contributed by atoms with Crippen LogP contribution in [0.15, 0.2) is 28.6 Å². The second-order valence-electron chi connectivity index (χ2n) is 8.81. The van der Waals surface area contributed by atoms with E-state index in [1.807, 2.05) is 0 Å². The van der Waals surface area contributed by atoms with E-state index < -0.39 is 60.5 Å². The number of thiophene rings is 1. The average molecular weight is 515 g/mol. The van der Waals surface area contributed by atoms with Gasteiger partial charge in [0.2, 0.25) is 0 Å². The zero-order valence-corrected chi connectivity index (χ0v) is 18.9. The summed E-state index contributed by atoms with van der Waals surface area (Å²) in [7, 11) is 0.